The van der Waals surface area contributed by atoms with Crippen LogP contribution in [0.15, 0.2) is 115 Å². The Morgan fingerprint density at radius 2 is 1.06 bits per heavy atom. The number of nitrogens with zero attached hydrogens (tertiary/aromatic N) is 6. The van der Waals surface area contributed by atoms with E-state index in [9.17, 15) is 21.0 Å². The molecule has 7 aromatic carbocycles. The lowest BCUT2D eigenvalue weighted by Crippen LogP contribution is -2.53. The smallest absolute Gasteiger partial charge is 0.332 e. The summed E-state index contributed by atoms with van der Waals surface area (Å²) in [5.74, 6) is 0. The molecule has 0 saturated carbocycles. The molecule has 0 unspecified atom stereocenters. The molecule has 7 heteroatoms. The number of rotatable bonds is 1. The van der Waals surface area contributed by atoms with Gasteiger partial charge in [-0.2, -0.15) is 21.0 Å². The number of nitriles is 4. The molecule has 3 heterocycles. The SMILES string of the molecule is N#Cc1cc(C#N)c2c(c1)c1cc(C#N)cc(C#N)c1n2B1c2ccccc2-n2c3ccc4ccccc4c3c3c4ccccc4cc1c32. The van der Waals surface area contributed by atoms with Crippen LogP contribution in [0.2, 0.25) is 0 Å². The van der Waals surface area contributed by atoms with E-state index in [4.69, 9.17) is 0 Å². The molecule has 0 atom stereocenters. The first kappa shape index (κ1) is 26.9. The van der Waals surface area contributed by atoms with Crippen LogP contribution in [0.5, 0.6) is 0 Å². The van der Waals surface area contributed by atoms with Gasteiger partial charge in [-0.1, -0.05) is 78.9 Å². The first-order chi connectivity index (χ1) is 24.1. The second-order valence-electron chi connectivity index (χ2n) is 12.5. The molecule has 0 saturated heterocycles. The number of para-hydroxylation sites is 1. The van der Waals surface area contributed by atoms with Crippen molar-refractivity contribution in [1.82, 2.24) is 9.05 Å². The maximum atomic E-state index is 10.6. The Hall–Kier alpha value is -7.32. The minimum absolute atomic E-state index is 0.333. The van der Waals surface area contributed by atoms with Gasteiger partial charge in [0.15, 0.2) is 0 Å². The van der Waals surface area contributed by atoms with Crippen molar-refractivity contribution in [2.45, 2.75) is 0 Å². The molecule has 0 spiro atoms. The fraction of sp³-hybridized carbons (Fsp3) is 0. The third-order valence-electron chi connectivity index (χ3n) is 10.2. The van der Waals surface area contributed by atoms with Gasteiger partial charge in [0.2, 0.25) is 0 Å². The summed E-state index contributed by atoms with van der Waals surface area (Å²) < 4.78 is 4.49. The summed E-state index contributed by atoms with van der Waals surface area (Å²) >= 11 is 0. The van der Waals surface area contributed by atoms with Gasteiger partial charge in [-0.25, -0.2) is 0 Å². The average molecular weight is 618 g/mol. The van der Waals surface area contributed by atoms with E-state index in [2.05, 4.69) is 112 Å². The molecule has 0 radical (unpaired) electrons. The predicted molar refractivity (Wildman–Crippen MR) is 195 cm³/mol. The molecule has 220 valence electrons. The summed E-state index contributed by atoms with van der Waals surface area (Å²) in [6.45, 7) is -0.452. The average Bonchev–Trinajstić information content (AvgIpc) is 3.68. The summed E-state index contributed by atoms with van der Waals surface area (Å²) in [6, 6.07) is 47.8. The zero-order valence-corrected chi connectivity index (χ0v) is 25.7. The molecule has 0 fully saturated rings. The van der Waals surface area contributed by atoms with Crippen LogP contribution in [-0.4, -0.2) is 15.9 Å². The van der Waals surface area contributed by atoms with Gasteiger partial charge in [0.1, 0.15) is 12.1 Å². The van der Waals surface area contributed by atoms with Crippen LogP contribution in [0.3, 0.4) is 0 Å². The van der Waals surface area contributed by atoms with E-state index in [1.165, 1.54) is 10.8 Å². The molecule has 9 aromatic rings. The summed E-state index contributed by atoms with van der Waals surface area (Å²) in [6.07, 6.45) is 0. The lowest BCUT2D eigenvalue weighted by Gasteiger charge is -2.29. The largest absolute Gasteiger partial charge is 0.374 e. The van der Waals surface area contributed by atoms with Crippen molar-refractivity contribution in [3.8, 4) is 30.0 Å². The third-order valence-corrected chi connectivity index (χ3v) is 10.2. The molecule has 0 bridgehead atoms. The predicted octanol–water partition coefficient (Wildman–Crippen LogP) is 7.65. The maximum Gasteiger partial charge on any atom is 0.332 e. The van der Waals surface area contributed by atoms with E-state index >= 15 is 0 Å². The quantitative estimate of drug-likeness (QED) is 0.176. The lowest BCUT2D eigenvalue weighted by atomic mass is 9.48. The number of aromatic nitrogens is 2. The van der Waals surface area contributed by atoms with Gasteiger partial charge in [0, 0.05) is 27.2 Å². The minimum Gasteiger partial charge on any atom is -0.374 e. The van der Waals surface area contributed by atoms with Gasteiger partial charge in [-0.05, 0) is 68.9 Å². The Labute approximate surface area is 279 Å². The van der Waals surface area contributed by atoms with E-state index in [0.29, 0.717) is 44.1 Å². The van der Waals surface area contributed by atoms with Crippen LogP contribution in [0.4, 0.5) is 0 Å². The zero-order valence-electron chi connectivity index (χ0n) is 25.7. The highest BCUT2D eigenvalue weighted by Crippen LogP contribution is 2.42. The van der Waals surface area contributed by atoms with Gasteiger partial charge in [0.25, 0.3) is 0 Å². The van der Waals surface area contributed by atoms with Crippen LogP contribution in [0.1, 0.15) is 22.3 Å². The first-order valence-electron chi connectivity index (χ1n) is 15.9. The Bertz CT molecular complexity index is 3080. The zero-order chi connectivity index (χ0) is 33.0. The van der Waals surface area contributed by atoms with Crippen molar-refractivity contribution in [3.63, 3.8) is 0 Å². The van der Waals surface area contributed by atoms with Gasteiger partial charge in [-0.3, -0.25) is 0 Å². The van der Waals surface area contributed by atoms with Gasteiger partial charge in [0.05, 0.1) is 56.5 Å². The van der Waals surface area contributed by atoms with Crippen molar-refractivity contribution in [2.24, 2.45) is 0 Å². The van der Waals surface area contributed by atoms with Gasteiger partial charge >= 0.3 is 6.85 Å². The van der Waals surface area contributed by atoms with E-state index in [1.807, 2.05) is 12.1 Å². The van der Waals surface area contributed by atoms with E-state index in [0.717, 1.165) is 49.2 Å². The molecule has 49 heavy (non-hydrogen) atoms. The summed E-state index contributed by atoms with van der Waals surface area (Å²) in [4.78, 5) is 0. The lowest BCUT2D eigenvalue weighted by molar-refractivity contribution is 1.18. The Balaban J connectivity index is 1.50. The van der Waals surface area contributed by atoms with E-state index in [1.54, 1.807) is 24.3 Å². The Kier molecular flexibility index (Phi) is 5.26. The minimum atomic E-state index is -0.452. The number of benzene rings is 7. The second kappa shape index (κ2) is 9.60. The fourth-order valence-electron chi connectivity index (χ4n) is 8.38. The molecule has 6 nitrogen and oxygen atoms in total. The van der Waals surface area contributed by atoms with Crippen molar-refractivity contribution < 1.29 is 0 Å². The van der Waals surface area contributed by atoms with Crippen LogP contribution < -0.4 is 10.9 Å². The van der Waals surface area contributed by atoms with Crippen LogP contribution in [0.25, 0.3) is 70.8 Å². The molecule has 1 aliphatic heterocycles. The van der Waals surface area contributed by atoms with Crippen molar-refractivity contribution in [2.75, 3.05) is 0 Å². The number of fused-ring (bicyclic) bond motifs is 12. The Morgan fingerprint density at radius 1 is 0.469 bits per heavy atom. The molecule has 0 aliphatic carbocycles. The molecule has 1 aliphatic rings. The van der Waals surface area contributed by atoms with Gasteiger partial charge in [-0.15, -0.1) is 0 Å². The molecular weight excluding hydrogens is 599 g/mol. The molecule has 10 rings (SSSR count). The van der Waals surface area contributed by atoms with Crippen LogP contribution in [0, 0.1) is 45.3 Å². The molecule has 0 N–H and O–H groups in total. The molecular formula is C42H19BN6. The number of hydrogen-bond donors (Lipinski definition) is 0. The highest BCUT2D eigenvalue weighted by molar-refractivity contribution is 6.88. The highest BCUT2D eigenvalue weighted by Gasteiger charge is 2.38. The first-order valence-corrected chi connectivity index (χ1v) is 15.9. The van der Waals surface area contributed by atoms with Crippen LogP contribution in [-0.2, 0) is 0 Å². The Morgan fingerprint density at radius 3 is 1.71 bits per heavy atom. The van der Waals surface area contributed by atoms with Crippen molar-refractivity contribution >= 4 is 82.9 Å². The van der Waals surface area contributed by atoms with Crippen molar-refractivity contribution in [3.05, 3.63) is 138 Å². The highest BCUT2D eigenvalue weighted by atomic mass is 15.0. The second-order valence-corrected chi connectivity index (χ2v) is 12.5. The van der Waals surface area contributed by atoms with E-state index in [-0.39, 0.29) is 0 Å². The fourth-order valence-corrected chi connectivity index (χ4v) is 8.38. The van der Waals surface area contributed by atoms with Crippen LogP contribution >= 0.6 is 0 Å². The maximum absolute atomic E-state index is 10.6. The van der Waals surface area contributed by atoms with Gasteiger partial charge < -0.3 is 9.05 Å². The van der Waals surface area contributed by atoms with Crippen molar-refractivity contribution in [1.29, 1.82) is 21.0 Å². The topological polar surface area (TPSA) is 105 Å². The van der Waals surface area contributed by atoms with E-state index < -0.39 is 6.85 Å². The normalized spacial score (nSPS) is 12.0. The summed E-state index contributed by atoms with van der Waals surface area (Å²) in [5.41, 5.74) is 7.83. The molecule has 2 aromatic heterocycles. The summed E-state index contributed by atoms with van der Waals surface area (Å²) in [7, 11) is 0. The monoisotopic (exact) mass is 618 g/mol. The standard InChI is InChI=1S/C42H19BN6/c44-20-24-15-28(22-46)40-32(17-24)33-18-25(21-45)16-29(23-47)41(33)49(40)43-34-11-5-6-12-36(34)48-37-14-13-26-7-1-3-9-30(26)38(37)39-31-10-4-2-8-27(31)19-35(43)42(39)48/h1-19H. The third kappa shape index (κ3) is 3.36. The summed E-state index contributed by atoms with van der Waals surface area (Å²) in [5, 5.41) is 49.3. The molecule has 0 amide bonds. The number of hydrogen-bond acceptors (Lipinski definition) is 4.